The fraction of sp³-hybridized carbons (Fsp3) is 0.833. The third-order valence-corrected chi connectivity index (χ3v) is 5.65. The third-order valence-electron chi connectivity index (χ3n) is 3.88. The number of esters is 1. The van der Waals surface area contributed by atoms with Gasteiger partial charge < -0.3 is 20.5 Å². The summed E-state index contributed by atoms with van der Waals surface area (Å²) < 4.78 is 4.88. The highest BCUT2D eigenvalue weighted by molar-refractivity contribution is 6.76. The van der Waals surface area contributed by atoms with Gasteiger partial charge in [-0.3, -0.25) is 9.59 Å². The zero-order valence-electron chi connectivity index (χ0n) is 17.5. The Morgan fingerprint density at radius 3 is 2.04 bits per heavy atom. The second-order valence-corrected chi connectivity index (χ2v) is 14.9. The van der Waals surface area contributed by atoms with Crippen LogP contribution >= 0.6 is 0 Å². The molecule has 0 radical (unpaired) electrons. The van der Waals surface area contributed by atoms with Crippen molar-refractivity contribution in [2.75, 3.05) is 13.7 Å². The van der Waals surface area contributed by atoms with E-state index in [0.717, 1.165) is 6.42 Å². The third kappa shape index (κ3) is 9.91. The molecule has 0 aliphatic carbocycles. The quantitative estimate of drug-likeness (QED) is 0.392. The van der Waals surface area contributed by atoms with Crippen molar-refractivity contribution in [1.82, 2.24) is 10.6 Å². The monoisotopic (exact) mass is 388 g/mol. The smallest absolute Gasteiger partial charge is 0.330 e. The molecule has 1 amide bonds. The first kappa shape index (κ1) is 24.6. The van der Waals surface area contributed by atoms with Crippen LogP contribution in [0.3, 0.4) is 0 Å². The first-order valence-electron chi connectivity index (χ1n) is 8.95. The average molecular weight is 389 g/mol. The van der Waals surface area contributed by atoms with Crippen molar-refractivity contribution >= 4 is 25.9 Å². The maximum absolute atomic E-state index is 12.7. The second-order valence-electron chi connectivity index (χ2n) is 9.47. The molecule has 0 aromatic rings. The molecule has 0 aromatic heterocycles. The second kappa shape index (κ2) is 9.50. The van der Waals surface area contributed by atoms with E-state index in [1.807, 2.05) is 0 Å². The Kier molecular flexibility index (Phi) is 8.99. The maximum Gasteiger partial charge on any atom is 0.330 e. The summed E-state index contributed by atoms with van der Waals surface area (Å²) in [6, 6.07) is -0.402. The lowest BCUT2D eigenvalue weighted by atomic mass is 9.92. The Morgan fingerprint density at radius 1 is 1.12 bits per heavy atom. The number of carbonyl (C=O) groups excluding carboxylic acids is 2. The number of amides is 1. The van der Waals surface area contributed by atoms with Crippen LogP contribution in [0.2, 0.25) is 25.7 Å². The fourth-order valence-corrected chi connectivity index (χ4v) is 5.22. The van der Waals surface area contributed by atoms with Gasteiger partial charge in [-0.15, -0.1) is 0 Å². The van der Waals surface area contributed by atoms with E-state index in [-0.39, 0.29) is 11.8 Å². The largest absolute Gasteiger partial charge is 0.481 e. The van der Waals surface area contributed by atoms with Crippen LogP contribution in [0.4, 0.5) is 0 Å². The van der Waals surface area contributed by atoms with Gasteiger partial charge in [0, 0.05) is 8.07 Å². The number of nitrogens with one attached hydrogen (secondary N) is 2. The molecule has 152 valence electrons. The number of hydrogen-bond acceptors (Lipinski definition) is 5. The van der Waals surface area contributed by atoms with Gasteiger partial charge >= 0.3 is 11.9 Å². The maximum atomic E-state index is 12.7. The molecule has 0 bridgehead atoms. The lowest BCUT2D eigenvalue weighted by Gasteiger charge is -2.34. The van der Waals surface area contributed by atoms with Gasteiger partial charge in [0.2, 0.25) is 5.91 Å². The summed E-state index contributed by atoms with van der Waals surface area (Å²) in [6.07, 6.45) is 0.444. The molecule has 3 N–H and O–H groups in total. The van der Waals surface area contributed by atoms with Gasteiger partial charge in [-0.1, -0.05) is 40.4 Å². The zero-order valence-corrected chi connectivity index (χ0v) is 18.5. The first-order valence-corrected chi connectivity index (χ1v) is 12.7. The molecule has 0 aliphatic heterocycles. The van der Waals surface area contributed by atoms with Crippen LogP contribution in [0.15, 0.2) is 0 Å². The van der Waals surface area contributed by atoms with Crippen molar-refractivity contribution < 1.29 is 24.2 Å². The van der Waals surface area contributed by atoms with E-state index < -0.39 is 37.5 Å². The zero-order chi connectivity index (χ0) is 20.8. The Hall–Kier alpha value is -1.41. The molecule has 8 heteroatoms. The molecule has 0 saturated heterocycles. The Bertz CT molecular complexity index is 511. The normalized spacial score (nSPS) is 15.7. The SMILES string of the molecule is COC(=O)[C@@](C)(C[Si](C)(C)C)NC(=O)[C@H](CC(=O)O)NCCC(C)(C)C. The van der Waals surface area contributed by atoms with Gasteiger partial charge in [-0.25, -0.2) is 4.79 Å². The number of ether oxygens (including phenoxy) is 1. The fourth-order valence-electron chi connectivity index (χ4n) is 2.87. The standard InChI is InChI=1S/C18H36N2O5Si/c1-17(2,3)9-10-19-13(11-14(21)22)15(23)20-18(4,16(24)25-5)12-26(6,7)8/h13,19H,9-12H2,1-8H3,(H,20,23)(H,21,22)/t13-,18+/m0/s1. The summed E-state index contributed by atoms with van der Waals surface area (Å²) >= 11 is 0. The molecule has 26 heavy (non-hydrogen) atoms. The number of hydrogen-bond donors (Lipinski definition) is 3. The van der Waals surface area contributed by atoms with E-state index in [2.05, 4.69) is 51.0 Å². The molecule has 0 fully saturated rings. The summed E-state index contributed by atoms with van der Waals surface area (Å²) in [5.74, 6) is -2.08. The number of aliphatic carboxylic acids is 1. The van der Waals surface area contributed by atoms with E-state index in [9.17, 15) is 14.4 Å². The van der Waals surface area contributed by atoms with E-state index >= 15 is 0 Å². The number of carboxylic acids is 1. The van der Waals surface area contributed by atoms with Crippen LogP contribution in [-0.2, 0) is 19.1 Å². The average Bonchev–Trinajstić information content (AvgIpc) is 2.41. The number of rotatable bonds is 10. The van der Waals surface area contributed by atoms with E-state index in [1.165, 1.54) is 7.11 Å². The predicted octanol–water partition coefficient (Wildman–Crippen LogP) is 2.24. The van der Waals surface area contributed by atoms with Crippen molar-refractivity contribution in [3.05, 3.63) is 0 Å². The molecular weight excluding hydrogens is 352 g/mol. The lowest BCUT2D eigenvalue weighted by Crippen LogP contribution is -2.60. The molecule has 0 unspecified atom stereocenters. The highest BCUT2D eigenvalue weighted by Crippen LogP contribution is 2.23. The van der Waals surface area contributed by atoms with Gasteiger partial charge in [0.25, 0.3) is 0 Å². The summed E-state index contributed by atoms with van der Waals surface area (Å²) in [4.78, 5) is 36.2. The highest BCUT2D eigenvalue weighted by Gasteiger charge is 2.41. The molecule has 0 rings (SSSR count). The Morgan fingerprint density at radius 2 is 1.65 bits per heavy atom. The van der Waals surface area contributed by atoms with Crippen LogP contribution in [0.25, 0.3) is 0 Å². The summed E-state index contributed by atoms with van der Waals surface area (Å²) in [7, 11) is -0.423. The van der Waals surface area contributed by atoms with Gasteiger partial charge in [0.1, 0.15) is 5.54 Å². The molecular formula is C18H36N2O5Si. The predicted molar refractivity (Wildman–Crippen MR) is 105 cm³/mol. The van der Waals surface area contributed by atoms with Crippen LogP contribution in [0, 0.1) is 5.41 Å². The van der Waals surface area contributed by atoms with E-state index in [4.69, 9.17) is 9.84 Å². The number of carboxylic acid groups (broad SMARTS) is 1. The topological polar surface area (TPSA) is 105 Å². The molecule has 0 spiro atoms. The van der Waals surface area contributed by atoms with Crippen LogP contribution in [0.1, 0.15) is 40.5 Å². The van der Waals surface area contributed by atoms with Crippen molar-refractivity contribution in [2.45, 2.75) is 77.8 Å². The van der Waals surface area contributed by atoms with E-state index in [0.29, 0.717) is 12.6 Å². The molecule has 0 saturated carbocycles. The Balaban J connectivity index is 5.26. The summed E-state index contributed by atoms with van der Waals surface area (Å²) in [5.41, 5.74) is -1.10. The summed E-state index contributed by atoms with van der Waals surface area (Å²) in [5, 5.41) is 14.9. The molecule has 0 heterocycles. The minimum Gasteiger partial charge on any atom is -0.481 e. The van der Waals surface area contributed by atoms with Crippen LogP contribution < -0.4 is 10.6 Å². The van der Waals surface area contributed by atoms with Crippen molar-refractivity contribution in [3.8, 4) is 0 Å². The van der Waals surface area contributed by atoms with E-state index in [1.54, 1.807) is 6.92 Å². The van der Waals surface area contributed by atoms with Gasteiger partial charge in [0.05, 0.1) is 19.6 Å². The molecule has 0 aromatic carbocycles. The van der Waals surface area contributed by atoms with Crippen LogP contribution in [0.5, 0.6) is 0 Å². The first-order chi connectivity index (χ1) is 11.6. The minimum absolute atomic E-state index is 0.0651. The van der Waals surface area contributed by atoms with Gasteiger partial charge in [0.15, 0.2) is 0 Å². The van der Waals surface area contributed by atoms with Crippen LogP contribution in [-0.4, -0.2) is 56.3 Å². The minimum atomic E-state index is -1.71. The molecule has 0 aliphatic rings. The molecule has 2 atom stereocenters. The molecule has 7 nitrogen and oxygen atoms in total. The van der Waals surface area contributed by atoms with Crippen molar-refractivity contribution in [3.63, 3.8) is 0 Å². The Labute approximate surface area is 158 Å². The van der Waals surface area contributed by atoms with Gasteiger partial charge in [-0.05, 0) is 31.3 Å². The highest BCUT2D eigenvalue weighted by atomic mass is 28.3. The number of carbonyl (C=O) groups is 3. The number of methoxy groups -OCH3 is 1. The lowest BCUT2D eigenvalue weighted by molar-refractivity contribution is -0.149. The van der Waals surface area contributed by atoms with Crippen molar-refractivity contribution in [2.24, 2.45) is 5.41 Å². The summed E-state index contributed by atoms with van der Waals surface area (Å²) in [6.45, 7) is 14.7. The van der Waals surface area contributed by atoms with Crippen molar-refractivity contribution in [1.29, 1.82) is 0 Å². The van der Waals surface area contributed by atoms with Gasteiger partial charge in [-0.2, -0.15) is 0 Å².